The highest BCUT2D eigenvalue weighted by atomic mass is 32.2. The summed E-state index contributed by atoms with van der Waals surface area (Å²) in [5.41, 5.74) is 11.1. The number of sulfonamides is 1. The van der Waals surface area contributed by atoms with Crippen LogP contribution in [0.2, 0.25) is 0 Å². The maximum absolute atomic E-state index is 12.6. The Balaban J connectivity index is 3.24. The molecule has 21 heavy (non-hydrogen) atoms. The van der Waals surface area contributed by atoms with Crippen molar-refractivity contribution in [2.45, 2.75) is 18.7 Å². The van der Waals surface area contributed by atoms with Crippen molar-refractivity contribution >= 4 is 21.6 Å². The molecule has 118 valence electrons. The number of nitrogens with two attached hydrogens (primary N) is 2. The average Bonchev–Trinajstić information content (AvgIpc) is 2.37. The number of primary amides is 1. The van der Waals surface area contributed by atoms with E-state index in [-0.39, 0.29) is 29.7 Å². The molecule has 0 unspecified atom stereocenters. The van der Waals surface area contributed by atoms with Gasteiger partial charge in [-0.15, -0.1) is 0 Å². The van der Waals surface area contributed by atoms with Gasteiger partial charge in [-0.1, -0.05) is 13.8 Å². The van der Waals surface area contributed by atoms with Gasteiger partial charge in [-0.3, -0.25) is 4.79 Å². The number of nitrogen functional groups attached to an aromatic ring is 1. The quantitative estimate of drug-likeness (QED) is 0.707. The molecule has 0 saturated carbocycles. The lowest BCUT2D eigenvalue weighted by molar-refractivity contribution is -0.118. The molecule has 0 aliphatic carbocycles. The van der Waals surface area contributed by atoms with E-state index in [4.69, 9.17) is 16.2 Å². The zero-order valence-corrected chi connectivity index (χ0v) is 13.2. The minimum absolute atomic E-state index is 0.00968. The Bertz CT molecular complexity index is 614. The van der Waals surface area contributed by atoms with E-state index in [0.717, 1.165) is 4.31 Å². The summed E-state index contributed by atoms with van der Waals surface area (Å²) < 4.78 is 31.3. The number of hydrogen-bond acceptors (Lipinski definition) is 5. The SMILES string of the molecule is COc1cc(S(=O)(=O)N(CC(N)=O)CC(C)C)ccc1N. The predicted octanol–water partition coefficient (Wildman–Crippen LogP) is 0.409. The van der Waals surface area contributed by atoms with E-state index >= 15 is 0 Å². The first-order valence-corrected chi connectivity index (χ1v) is 7.84. The van der Waals surface area contributed by atoms with Crippen molar-refractivity contribution in [1.82, 2.24) is 4.31 Å². The fraction of sp³-hybridized carbons (Fsp3) is 0.462. The Morgan fingerprint density at radius 1 is 1.38 bits per heavy atom. The first kappa shape index (κ1) is 17.3. The maximum Gasteiger partial charge on any atom is 0.243 e. The summed E-state index contributed by atoms with van der Waals surface area (Å²) in [5.74, 6) is -0.393. The summed E-state index contributed by atoms with van der Waals surface area (Å²) in [7, 11) is -2.44. The third-order valence-corrected chi connectivity index (χ3v) is 4.55. The van der Waals surface area contributed by atoms with Crippen LogP contribution >= 0.6 is 0 Å². The molecule has 1 rings (SSSR count). The number of nitrogens with zero attached hydrogens (tertiary/aromatic N) is 1. The van der Waals surface area contributed by atoms with Crippen LogP contribution in [0.3, 0.4) is 0 Å². The number of amides is 1. The highest BCUT2D eigenvalue weighted by Crippen LogP contribution is 2.26. The molecular formula is C13H21N3O4S. The highest BCUT2D eigenvalue weighted by molar-refractivity contribution is 7.89. The van der Waals surface area contributed by atoms with E-state index in [1.807, 2.05) is 13.8 Å². The predicted molar refractivity (Wildman–Crippen MR) is 80.2 cm³/mol. The number of methoxy groups -OCH3 is 1. The fourth-order valence-corrected chi connectivity index (χ4v) is 3.42. The molecule has 0 heterocycles. The highest BCUT2D eigenvalue weighted by Gasteiger charge is 2.27. The van der Waals surface area contributed by atoms with E-state index < -0.39 is 15.9 Å². The average molecular weight is 315 g/mol. The van der Waals surface area contributed by atoms with Crippen molar-refractivity contribution in [2.75, 3.05) is 25.9 Å². The Morgan fingerprint density at radius 2 is 2.00 bits per heavy atom. The van der Waals surface area contributed by atoms with Crippen molar-refractivity contribution in [1.29, 1.82) is 0 Å². The van der Waals surface area contributed by atoms with Crippen LogP contribution in [0, 0.1) is 5.92 Å². The van der Waals surface area contributed by atoms with E-state index in [1.165, 1.54) is 25.3 Å². The molecule has 1 aromatic carbocycles. The lowest BCUT2D eigenvalue weighted by atomic mass is 10.2. The van der Waals surface area contributed by atoms with Gasteiger partial charge in [0.1, 0.15) is 5.75 Å². The van der Waals surface area contributed by atoms with Gasteiger partial charge in [-0.05, 0) is 18.1 Å². The van der Waals surface area contributed by atoms with Crippen LogP contribution in [-0.4, -0.2) is 38.8 Å². The first-order valence-electron chi connectivity index (χ1n) is 6.40. The molecular weight excluding hydrogens is 294 g/mol. The molecule has 0 aliphatic heterocycles. The number of carbonyl (C=O) groups is 1. The Hall–Kier alpha value is -1.80. The topological polar surface area (TPSA) is 116 Å². The maximum atomic E-state index is 12.6. The van der Waals surface area contributed by atoms with Crippen molar-refractivity contribution < 1.29 is 17.9 Å². The molecule has 0 radical (unpaired) electrons. The molecule has 0 spiro atoms. The van der Waals surface area contributed by atoms with Gasteiger partial charge in [-0.25, -0.2) is 8.42 Å². The van der Waals surface area contributed by atoms with Gasteiger partial charge in [0.25, 0.3) is 0 Å². The van der Waals surface area contributed by atoms with Gasteiger partial charge in [0.05, 0.1) is 24.2 Å². The largest absolute Gasteiger partial charge is 0.495 e. The van der Waals surface area contributed by atoms with Crippen molar-refractivity contribution in [3.8, 4) is 5.75 Å². The van der Waals surface area contributed by atoms with Gasteiger partial charge < -0.3 is 16.2 Å². The molecule has 1 aromatic rings. The molecule has 1 amide bonds. The summed E-state index contributed by atoms with van der Waals surface area (Å²) >= 11 is 0. The summed E-state index contributed by atoms with van der Waals surface area (Å²) in [6, 6.07) is 4.16. The van der Waals surface area contributed by atoms with E-state index in [9.17, 15) is 13.2 Å². The Morgan fingerprint density at radius 3 is 2.48 bits per heavy atom. The van der Waals surface area contributed by atoms with Crippen molar-refractivity contribution in [3.05, 3.63) is 18.2 Å². The van der Waals surface area contributed by atoms with Gasteiger partial charge in [0.15, 0.2) is 0 Å². The molecule has 0 atom stereocenters. The standard InChI is InChI=1S/C13H21N3O4S/c1-9(2)7-16(8-13(15)17)21(18,19)10-4-5-11(14)12(6-10)20-3/h4-6,9H,7-8,14H2,1-3H3,(H2,15,17). The van der Waals surface area contributed by atoms with Crippen LogP contribution in [0.4, 0.5) is 5.69 Å². The molecule has 7 nitrogen and oxygen atoms in total. The molecule has 0 aromatic heterocycles. The lowest BCUT2D eigenvalue weighted by Crippen LogP contribution is -2.40. The molecule has 0 aliphatic rings. The monoisotopic (exact) mass is 315 g/mol. The smallest absolute Gasteiger partial charge is 0.243 e. The summed E-state index contributed by atoms with van der Waals surface area (Å²) in [5, 5.41) is 0. The van der Waals surface area contributed by atoms with E-state index in [1.54, 1.807) is 0 Å². The van der Waals surface area contributed by atoms with E-state index in [2.05, 4.69) is 0 Å². The fourth-order valence-electron chi connectivity index (χ4n) is 1.83. The van der Waals surface area contributed by atoms with Crippen LogP contribution in [0.25, 0.3) is 0 Å². The second kappa shape index (κ2) is 6.77. The van der Waals surface area contributed by atoms with Gasteiger partial charge in [-0.2, -0.15) is 4.31 Å². The first-order chi connectivity index (χ1) is 9.68. The zero-order valence-electron chi connectivity index (χ0n) is 12.4. The number of carbonyl (C=O) groups excluding carboxylic acids is 1. The minimum Gasteiger partial charge on any atom is -0.495 e. The van der Waals surface area contributed by atoms with Crippen molar-refractivity contribution in [2.24, 2.45) is 11.7 Å². The summed E-state index contributed by atoms with van der Waals surface area (Å²) in [6.07, 6.45) is 0. The van der Waals surface area contributed by atoms with Crippen molar-refractivity contribution in [3.63, 3.8) is 0 Å². The zero-order chi connectivity index (χ0) is 16.2. The Kier molecular flexibility index (Phi) is 5.56. The van der Waals surface area contributed by atoms with Crippen LogP contribution < -0.4 is 16.2 Å². The third-order valence-electron chi connectivity index (χ3n) is 2.74. The molecule has 0 bridgehead atoms. The molecule has 0 saturated heterocycles. The number of hydrogen-bond donors (Lipinski definition) is 2. The number of anilines is 1. The second-order valence-electron chi connectivity index (χ2n) is 5.06. The van der Waals surface area contributed by atoms with Crippen LogP contribution in [-0.2, 0) is 14.8 Å². The number of ether oxygens (including phenoxy) is 1. The third kappa shape index (κ3) is 4.33. The lowest BCUT2D eigenvalue weighted by Gasteiger charge is -2.23. The molecule has 8 heteroatoms. The molecule has 0 fully saturated rings. The summed E-state index contributed by atoms with van der Waals surface area (Å²) in [6.45, 7) is 3.53. The second-order valence-corrected chi connectivity index (χ2v) is 7.00. The normalized spacial score (nSPS) is 11.9. The van der Waals surface area contributed by atoms with Crippen LogP contribution in [0.1, 0.15) is 13.8 Å². The van der Waals surface area contributed by atoms with Crippen LogP contribution in [0.15, 0.2) is 23.1 Å². The van der Waals surface area contributed by atoms with Gasteiger partial charge in [0, 0.05) is 12.6 Å². The van der Waals surface area contributed by atoms with E-state index in [0.29, 0.717) is 5.69 Å². The number of rotatable bonds is 7. The minimum atomic E-state index is -3.84. The van der Waals surface area contributed by atoms with Gasteiger partial charge in [0.2, 0.25) is 15.9 Å². The van der Waals surface area contributed by atoms with Crippen LogP contribution in [0.5, 0.6) is 5.75 Å². The summed E-state index contributed by atoms with van der Waals surface area (Å²) in [4.78, 5) is 11.1. The van der Waals surface area contributed by atoms with Gasteiger partial charge >= 0.3 is 0 Å². The Labute approximate surface area is 124 Å². The number of benzene rings is 1. The molecule has 4 N–H and O–H groups in total.